The van der Waals surface area contributed by atoms with Gasteiger partial charge in [-0.25, -0.2) is 13.6 Å². The number of hydrogen-bond acceptors (Lipinski definition) is 21. The highest BCUT2D eigenvalue weighted by Crippen LogP contribution is 2.52. The van der Waals surface area contributed by atoms with Gasteiger partial charge in [-0.15, -0.1) is 10.2 Å². The van der Waals surface area contributed by atoms with Crippen LogP contribution in [-0.4, -0.2) is 155 Å². The second-order valence-corrected chi connectivity index (χ2v) is 32.8. The van der Waals surface area contributed by atoms with E-state index in [2.05, 4.69) is 25.8 Å². The van der Waals surface area contributed by atoms with Crippen molar-refractivity contribution in [2.75, 3.05) is 41.4 Å². The normalized spacial score (nSPS) is 16.2. The Kier molecular flexibility index (Phi) is 18.6. The SMILES string of the molecule is CC1(C)C(/C=C/C(=C/C=C2/N(CCCS(=O)(=O)O)c3ccc4c(S(=O)(=O)O)cc(S(=O)(=O)O)cc4c3C2(C)C)c2ccc(C(=O)NCCCC(=O)Nc3nnc(S(N)(=O)=O)s3)cn2)=[N+](CCCS(=O)(=O)O)c2ccc3c(S(=O)(=O)O)cc(S(=O)(=O)O)cc3c21. The highest BCUT2D eigenvalue weighted by Gasteiger charge is 2.47. The van der Waals surface area contributed by atoms with Crippen molar-refractivity contribution in [2.24, 2.45) is 5.14 Å². The Morgan fingerprint density at radius 1 is 0.674 bits per heavy atom. The van der Waals surface area contributed by atoms with Gasteiger partial charge in [-0.05, 0) is 104 Å². The number of amides is 2. The molecule has 10 N–H and O–H groups in total. The average molecular weight is 1390 g/mol. The number of hydrogen-bond donors (Lipinski definition) is 9. The van der Waals surface area contributed by atoms with Crippen molar-refractivity contribution >= 4 is 143 Å². The summed E-state index contributed by atoms with van der Waals surface area (Å²) in [5.41, 5.74) is -0.820. The molecule has 0 radical (unpaired) electrons. The van der Waals surface area contributed by atoms with Crippen molar-refractivity contribution in [1.82, 2.24) is 20.5 Å². The van der Waals surface area contributed by atoms with Crippen molar-refractivity contribution < 1.29 is 100 Å². The van der Waals surface area contributed by atoms with Crippen LogP contribution in [0.25, 0.3) is 27.1 Å². The van der Waals surface area contributed by atoms with Crippen LogP contribution in [0.4, 0.5) is 16.5 Å². The van der Waals surface area contributed by atoms with Gasteiger partial charge < -0.3 is 15.5 Å². The molecule has 0 bridgehead atoms. The summed E-state index contributed by atoms with van der Waals surface area (Å²) in [7, 11) is -34.0. The predicted octanol–water partition coefficient (Wildman–Crippen LogP) is 4.28. The number of nitrogens with zero attached hydrogens (tertiary/aromatic N) is 5. The van der Waals surface area contributed by atoms with E-state index in [1.807, 2.05) is 0 Å². The van der Waals surface area contributed by atoms with Gasteiger partial charge in [0.25, 0.3) is 76.6 Å². The van der Waals surface area contributed by atoms with Crippen LogP contribution in [0.1, 0.15) is 80.6 Å². The second-order valence-electron chi connectivity index (χ2n) is 21.3. The molecule has 30 nitrogen and oxygen atoms in total. The smallest absolute Gasteiger partial charge is 0.295 e. The van der Waals surface area contributed by atoms with E-state index in [4.69, 9.17) is 5.14 Å². The number of pyridine rings is 1. The Morgan fingerprint density at radius 2 is 1.25 bits per heavy atom. The van der Waals surface area contributed by atoms with E-state index in [-0.39, 0.29) is 111 Å². The van der Waals surface area contributed by atoms with Gasteiger partial charge >= 0.3 is 0 Å². The lowest BCUT2D eigenvalue weighted by atomic mass is 9.79. The molecule has 0 saturated heterocycles. The third-order valence-corrected chi connectivity index (χ3v) is 21.6. The van der Waals surface area contributed by atoms with Crippen LogP contribution in [0.2, 0.25) is 0 Å². The zero-order valence-electron chi connectivity index (χ0n) is 46.8. The standard InChI is InChI=1S/C51H54N8O22S8/c1-50(2)42(58(20-6-22-83(62,63)64)38-15-12-33-35(45(38)50)24-31(86(70,71)72)26-40(33)88(76,77)78)17-10-29(37-14-9-30(28-54-37)47(61)53-19-5-8-44(60)55-48-56-57-49(82-48)85(52,68)69)11-18-43-51(3,4)46-36-25-32(87(73,74)75)27-41(89(79,80)81)34(36)13-16-39(46)59(43)21-7-23-84(65,66)67/h9-18,24-28H,5-8,19-23H2,1-4H3,(H9-,52,53,55,56,60,61,62,63,64,65,66,67,68,69,70,71,72,73,74,75,76,77,78,79,80,81)/p+1. The molecule has 89 heavy (non-hydrogen) atoms. The molecule has 0 unspecified atom stereocenters. The summed E-state index contributed by atoms with van der Waals surface area (Å²) < 4.78 is 235. The molecule has 4 aromatic carbocycles. The van der Waals surface area contributed by atoms with Crippen LogP contribution >= 0.6 is 11.3 Å². The number of allylic oxidation sites excluding steroid dienone is 6. The van der Waals surface area contributed by atoms with Gasteiger partial charge in [0.15, 0.2) is 5.71 Å². The van der Waals surface area contributed by atoms with Crippen LogP contribution < -0.4 is 20.7 Å². The van der Waals surface area contributed by atoms with Gasteiger partial charge in [0.1, 0.15) is 16.3 Å². The maximum Gasteiger partial charge on any atom is 0.295 e. The average Bonchev–Trinajstić information content (AvgIpc) is 1.62. The molecule has 2 aromatic heterocycles. The number of sulfonamides is 1. The van der Waals surface area contributed by atoms with E-state index in [1.54, 1.807) is 49.3 Å². The number of fused-ring (bicyclic) bond motifs is 6. The Hall–Kier alpha value is -6.89. The lowest BCUT2D eigenvalue weighted by molar-refractivity contribution is -0.437. The quantitative estimate of drug-likeness (QED) is 0.0142. The largest absolute Gasteiger partial charge is 0.352 e. The lowest BCUT2D eigenvalue weighted by Gasteiger charge is -2.27. The minimum Gasteiger partial charge on any atom is -0.352 e. The number of primary sulfonamides is 1. The molecule has 2 amide bonds. The van der Waals surface area contributed by atoms with Crippen molar-refractivity contribution in [1.29, 1.82) is 0 Å². The molecule has 0 atom stereocenters. The van der Waals surface area contributed by atoms with Gasteiger partial charge in [0.05, 0.1) is 38.0 Å². The fourth-order valence-corrected chi connectivity index (χ4v) is 15.7. The molecule has 4 heterocycles. The fourth-order valence-electron chi connectivity index (χ4n) is 10.7. The molecule has 0 aliphatic carbocycles. The number of aromatic nitrogens is 3. The Labute approximate surface area is 514 Å². The number of nitrogens with two attached hydrogens (primary N) is 1. The highest BCUT2D eigenvalue weighted by molar-refractivity contribution is 7.91. The van der Waals surface area contributed by atoms with Gasteiger partial charge in [-0.1, -0.05) is 37.3 Å². The van der Waals surface area contributed by atoms with E-state index >= 15 is 0 Å². The minimum atomic E-state index is -5.18. The number of rotatable bonds is 23. The number of nitrogens with one attached hydrogen (secondary N) is 2. The summed E-state index contributed by atoms with van der Waals surface area (Å²) in [5.74, 6) is -2.73. The highest BCUT2D eigenvalue weighted by atomic mass is 32.3. The van der Waals surface area contributed by atoms with Crippen LogP contribution in [0, 0.1) is 0 Å². The van der Waals surface area contributed by atoms with E-state index in [0.717, 1.165) is 12.1 Å². The zero-order valence-corrected chi connectivity index (χ0v) is 53.4. The number of anilines is 2. The Balaban J connectivity index is 1.27. The second kappa shape index (κ2) is 24.4. The molecule has 0 spiro atoms. The van der Waals surface area contributed by atoms with Crippen molar-refractivity contribution in [3.63, 3.8) is 0 Å². The maximum atomic E-state index is 13.5. The van der Waals surface area contributed by atoms with E-state index in [0.29, 0.717) is 34.9 Å². The molecule has 2 aliphatic rings. The summed E-state index contributed by atoms with van der Waals surface area (Å²) in [6.45, 7) is 6.17. The molecule has 38 heteroatoms. The Morgan fingerprint density at radius 3 is 1.78 bits per heavy atom. The molecular weight excluding hydrogens is 1330 g/mol. The first-order valence-electron chi connectivity index (χ1n) is 25.8. The van der Waals surface area contributed by atoms with Crippen molar-refractivity contribution in [3.05, 3.63) is 119 Å². The fraction of sp³-hybridized carbons (Fsp3) is 0.294. The van der Waals surface area contributed by atoms with Gasteiger partial charge in [-0.3, -0.25) is 41.9 Å². The van der Waals surface area contributed by atoms with Gasteiger partial charge in [-0.2, -0.15) is 55.1 Å². The number of carbonyl (C=O) groups excluding carboxylic acids is 2. The molecule has 478 valence electrons. The number of carbonyl (C=O) groups is 2. The summed E-state index contributed by atoms with van der Waals surface area (Å²) in [6.07, 6.45) is 6.78. The summed E-state index contributed by atoms with van der Waals surface area (Å²) in [5, 5.41) is 16.4. The van der Waals surface area contributed by atoms with Crippen LogP contribution in [0.15, 0.2) is 121 Å². The molecule has 8 rings (SSSR count). The van der Waals surface area contributed by atoms with Gasteiger partial charge in [0, 0.05) is 83.0 Å². The molecule has 6 aromatic rings. The zero-order chi connectivity index (χ0) is 66.0. The monoisotopic (exact) mass is 1390 g/mol. The third kappa shape index (κ3) is 15.1. The predicted molar refractivity (Wildman–Crippen MR) is 323 cm³/mol. The van der Waals surface area contributed by atoms with E-state index < -0.39 is 129 Å². The Bertz CT molecular complexity index is 4950. The van der Waals surface area contributed by atoms with Crippen LogP contribution in [0.5, 0.6) is 0 Å². The van der Waals surface area contributed by atoms with Crippen LogP contribution in [-0.2, 0) is 86.4 Å². The maximum absolute atomic E-state index is 13.5. The summed E-state index contributed by atoms with van der Waals surface area (Å²) >= 11 is 0.530. The lowest BCUT2D eigenvalue weighted by Crippen LogP contribution is -2.28. The molecule has 0 fully saturated rings. The number of benzene rings is 4. The first-order chi connectivity index (χ1) is 40.9. The summed E-state index contributed by atoms with van der Waals surface area (Å²) in [6, 6.07) is 11.3. The third-order valence-electron chi connectivity index (χ3n) is 14.4. The first kappa shape index (κ1) is 68.0. The van der Waals surface area contributed by atoms with E-state index in [1.165, 1.54) is 54.7 Å². The van der Waals surface area contributed by atoms with Crippen LogP contribution in [0.3, 0.4) is 0 Å². The van der Waals surface area contributed by atoms with E-state index in [9.17, 15) is 95.8 Å². The van der Waals surface area contributed by atoms with Crippen molar-refractivity contribution in [3.8, 4) is 0 Å². The molecular formula is C51H55N8O22S8+. The molecule has 0 saturated carbocycles. The molecule has 2 aliphatic heterocycles. The topological polar surface area (TPSA) is 489 Å². The van der Waals surface area contributed by atoms with Gasteiger partial charge in [0.2, 0.25) is 21.1 Å². The summed E-state index contributed by atoms with van der Waals surface area (Å²) in [4.78, 5) is 28.7. The van der Waals surface area contributed by atoms with Crippen molar-refractivity contribution in [2.45, 2.75) is 88.1 Å². The minimum absolute atomic E-state index is 0.00854. The first-order valence-corrected chi connectivity index (χ1v) is 37.2.